The molecule has 0 atom stereocenters. The third-order valence-electron chi connectivity index (χ3n) is 1.08. The van der Waals surface area contributed by atoms with Gasteiger partial charge in [-0.25, -0.2) is 4.98 Å². The molecule has 1 aromatic rings. The number of nitrogens with one attached hydrogen (secondary N) is 1. The molecule has 3 nitrogen and oxygen atoms in total. The Kier molecular flexibility index (Phi) is 2.45. The van der Waals surface area contributed by atoms with Gasteiger partial charge < -0.3 is 9.88 Å². The summed E-state index contributed by atoms with van der Waals surface area (Å²) in [4.78, 5) is 9.16. The number of hydrogen-bond acceptors (Lipinski definition) is 2. The second-order valence-electron chi connectivity index (χ2n) is 2.44. The minimum absolute atomic E-state index is 0.796. The quantitative estimate of drug-likeness (QED) is 0.785. The summed E-state index contributed by atoms with van der Waals surface area (Å²) in [6, 6.07) is 0. The summed E-state index contributed by atoms with van der Waals surface area (Å²) in [6.45, 7) is 0.901. The Morgan fingerprint density at radius 1 is 1.70 bits per heavy atom. The van der Waals surface area contributed by atoms with Crippen LogP contribution in [0.15, 0.2) is 10.9 Å². The molecular formula is C6H10BrN3. The molecule has 0 fully saturated rings. The second kappa shape index (κ2) is 3.16. The second-order valence-corrected chi connectivity index (χ2v) is 3.19. The lowest BCUT2D eigenvalue weighted by atomic mass is 10.4. The van der Waals surface area contributed by atoms with Crippen LogP contribution in [-0.2, 0) is 6.54 Å². The fraction of sp³-hybridized carbons (Fsp3) is 0.500. The van der Waals surface area contributed by atoms with Crippen molar-refractivity contribution < 1.29 is 0 Å². The molecule has 0 aliphatic rings. The lowest BCUT2D eigenvalue weighted by Gasteiger charge is -2.05. The monoisotopic (exact) mass is 203 g/mol. The SMILES string of the molecule is CN(C)Cc1cnc(Br)[nH]1. The number of aromatic amines is 1. The van der Waals surface area contributed by atoms with E-state index in [0.717, 1.165) is 17.0 Å². The van der Waals surface area contributed by atoms with E-state index in [-0.39, 0.29) is 0 Å². The Bertz CT molecular complexity index is 207. The topological polar surface area (TPSA) is 31.9 Å². The van der Waals surface area contributed by atoms with Gasteiger partial charge in [0.15, 0.2) is 4.73 Å². The molecular weight excluding hydrogens is 194 g/mol. The van der Waals surface area contributed by atoms with Gasteiger partial charge in [0.2, 0.25) is 0 Å². The minimum Gasteiger partial charge on any atom is -0.335 e. The van der Waals surface area contributed by atoms with Gasteiger partial charge >= 0.3 is 0 Å². The van der Waals surface area contributed by atoms with Gasteiger partial charge in [-0.15, -0.1) is 0 Å². The van der Waals surface area contributed by atoms with Gasteiger partial charge in [-0.05, 0) is 30.0 Å². The molecule has 56 valence electrons. The number of halogens is 1. The van der Waals surface area contributed by atoms with Gasteiger partial charge in [-0.3, -0.25) is 0 Å². The van der Waals surface area contributed by atoms with E-state index in [1.807, 2.05) is 20.3 Å². The molecule has 0 radical (unpaired) electrons. The molecule has 0 aromatic carbocycles. The molecule has 0 spiro atoms. The Morgan fingerprint density at radius 3 is 2.80 bits per heavy atom. The van der Waals surface area contributed by atoms with Crippen molar-refractivity contribution in [2.24, 2.45) is 0 Å². The first kappa shape index (κ1) is 7.75. The van der Waals surface area contributed by atoms with Crippen LogP contribution in [-0.4, -0.2) is 29.0 Å². The van der Waals surface area contributed by atoms with Crippen LogP contribution in [0, 0.1) is 0 Å². The van der Waals surface area contributed by atoms with Gasteiger partial charge in [0, 0.05) is 12.2 Å². The molecule has 0 bridgehead atoms. The average molecular weight is 204 g/mol. The first-order valence-corrected chi connectivity index (χ1v) is 3.82. The van der Waals surface area contributed by atoms with Gasteiger partial charge in [0.25, 0.3) is 0 Å². The number of imidazole rings is 1. The zero-order valence-electron chi connectivity index (χ0n) is 6.06. The highest BCUT2D eigenvalue weighted by molar-refractivity contribution is 9.10. The average Bonchev–Trinajstić information content (AvgIpc) is 2.13. The highest BCUT2D eigenvalue weighted by Crippen LogP contribution is 2.04. The Hall–Kier alpha value is -0.350. The first-order valence-electron chi connectivity index (χ1n) is 3.02. The zero-order valence-corrected chi connectivity index (χ0v) is 7.64. The predicted octanol–water partition coefficient (Wildman–Crippen LogP) is 1.23. The summed E-state index contributed by atoms with van der Waals surface area (Å²) in [7, 11) is 4.05. The maximum absolute atomic E-state index is 4.00. The number of H-pyrrole nitrogens is 1. The molecule has 1 rings (SSSR count). The summed E-state index contributed by atoms with van der Waals surface area (Å²) in [5, 5.41) is 0. The third-order valence-corrected chi connectivity index (χ3v) is 1.49. The summed E-state index contributed by atoms with van der Waals surface area (Å²) in [5.41, 5.74) is 1.12. The first-order chi connectivity index (χ1) is 4.68. The maximum atomic E-state index is 4.00. The predicted molar refractivity (Wildman–Crippen MR) is 43.7 cm³/mol. The summed E-state index contributed by atoms with van der Waals surface area (Å²) in [5.74, 6) is 0. The van der Waals surface area contributed by atoms with E-state index >= 15 is 0 Å². The Labute approximate surface area is 68.6 Å². The van der Waals surface area contributed by atoms with Crippen LogP contribution < -0.4 is 0 Å². The standard InChI is InChI=1S/C6H10BrN3/c1-10(2)4-5-3-8-6(7)9-5/h3H,4H2,1-2H3,(H,8,9). The molecule has 0 aliphatic heterocycles. The molecule has 1 N–H and O–H groups in total. The van der Waals surface area contributed by atoms with Gasteiger partial charge in [0.05, 0.1) is 6.20 Å². The smallest absolute Gasteiger partial charge is 0.174 e. The van der Waals surface area contributed by atoms with Crippen molar-refractivity contribution >= 4 is 15.9 Å². The van der Waals surface area contributed by atoms with Crippen LogP contribution in [0.3, 0.4) is 0 Å². The van der Waals surface area contributed by atoms with Crippen molar-refractivity contribution in [2.45, 2.75) is 6.54 Å². The van der Waals surface area contributed by atoms with E-state index in [1.54, 1.807) is 0 Å². The highest BCUT2D eigenvalue weighted by Gasteiger charge is 1.97. The van der Waals surface area contributed by atoms with E-state index in [4.69, 9.17) is 0 Å². The summed E-state index contributed by atoms with van der Waals surface area (Å²) >= 11 is 3.24. The van der Waals surface area contributed by atoms with Gasteiger partial charge in [-0.2, -0.15) is 0 Å². The molecule has 1 aromatic heterocycles. The molecule has 0 saturated carbocycles. The van der Waals surface area contributed by atoms with Crippen LogP contribution in [0.25, 0.3) is 0 Å². The number of aromatic nitrogens is 2. The fourth-order valence-corrected chi connectivity index (χ4v) is 1.11. The largest absolute Gasteiger partial charge is 0.335 e. The maximum Gasteiger partial charge on any atom is 0.174 e. The van der Waals surface area contributed by atoms with Crippen molar-refractivity contribution in [3.05, 3.63) is 16.6 Å². The van der Waals surface area contributed by atoms with Gasteiger partial charge in [-0.1, -0.05) is 0 Å². The van der Waals surface area contributed by atoms with E-state index in [2.05, 4.69) is 30.8 Å². The summed E-state index contributed by atoms with van der Waals surface area (Å²) < 4.78 is 0.796. The molecule has 10 heavy (non-hydrogen) atoms. The van der Waals surface area contributed by atoms with Crippen molar-refractivity contribution in [3.63, 3.8) is 0 Å². The minimum atomic E-state index is 0.796. The number of rotatable bonds is 2. The molecule has 0 unspecified atom stereocenters. The van der Waals surface area contributed by atoms with Crippen LogP contribution >= 0.6 is 15.9 Å². The summed E-state index contributed by atoms with van der Waals surface area (Å²) in [6.07, 6.45) is 1.82. The Morgan fingerprint density at radius 2 is 2.40 bits per heavy atom. The van der Waals surface area contributed by atoms with E-state index < -0.39 is 0 Å². The van der Waals surface area contributed by atoms with E-state index in [9.17, 15) is 0 Å². The Balaban J connectivity index is 2.58. The molecule has 4 heteroatoms. The van der Waals surface area contributed by atoms with Crippen LogP contribution in [0.1, 0.15) is 5.69 Å². The fourth-order valence-electron chi connectivity index (χ4n) is 0.753. The number of hydrogen-bond donors (Lipinski definition) is 1. The zero-order chi connectivity index (χ0) is 7.56. The van der Waals surface area contributed by atoms with Crippen LogP contribution in [0.2, 0.25) is 0 Å². The van der Waals surface area contributed by atoms with Crippen LogP contribution in [0.5, 0.6) is 0 Å². The third kappa shape index (κ3) is 2.11. The molecule has 0 amide bonds. The molecule has 0 aliphatic carbocycles. The molecule has 0 saturated heterocycles. The van der Waals surface area contributed by atoms with Gasteiger partial charge in [0.1, 0.15) is 0 Å². The van der Waals surface area contributed by atoms with Crippen molar-refractivity contribution in [1.82, 2.24) is 14.9 Å². The lowest BCUT2D eigenvalue weighted by molar-refractivity contribution is 0.397. The number of nitrogens with zero attached hydrogens (tertiary/aromatic N) is 2. The highest BCUT2D eigenvalue weighted by atomic mass is 79.9. The lowest BCUT2D eigenvalue weighted by Crippen LogP contribution is -2.10. The van der Waals surface area contributed by atoms with E-state index in [1.165, 1.54) is 0 Å². The van der Waals surface area contributed by atoms with Crippen molar-refractivity contribution in [1.29, 1.82) is 0 Å². The van der Waals surface area contributed by atoms with Crippen molar-refractivity contribution in [2.75, 3.05) is 14.1 Å². The van der Waals surface area contributed by atoms with Crippen LogP contribution in [0.4, 0.5) is 0 Å². The van der Waals surface area contributed by atoms with Crippen molar-refractivity contribution in [3.8, 4) is 0 Å². The van der Waals surface area contributed by atoms with E-state index in [0.29, 0.717) is 0 Å². The molecule has 1 heterocycles. The normalized spacial score (nSPS) is 10.8.